The van der Waals surface area contributed by atoms with Crippen molar-refractivity contribution in [2.75, 3.05) is 7.11 Å². The van der Waals surface area contributed by atoms with Gasteiger partial charge in [-0.2, -0.15) is 0 Å². The van der Waals surface area contributed by atoms with Crippen molar-refractivity contribution in [2.24, 2.45) is 0 Å². The van der Waals surface area contributed by atoms with Crippen LogP contribution in [0.15, 0.2) is 65.1 Å². The smallest absolute Gasteiger partial charge is 0.137 e. The van der Waals surface area contributed by atoms with Gasteiger partial charge in [-0.3, -0.25) is 0 Å². The molecule has 3 aromatic rings. The number of furan rings is 1. The van der Waals surface area contributed by atoms with Crippen molar-refractivity contribution in [3.63, 3.8) is 0 Å². The Kier molecular flexibility index (Phi) is 6.94. The number of hydrogen-bond donors (Lipinski definition) is 1. The van der Waals surface area contributed by atoms with Crippen LogP contribution in [0.1, 0.15) is 24.3 Å². The second kappa shape index (κ2) is 8.95. The summed E-state index contributed by atoms with van der Waals surface area (Å²) in [5, 5.41) is 4.04. The lowest BCUT2D eigenvalue weighted by atomic mass is 10.1. The Morgan fingerprint density at radius 3 is 2.52 bits per heavy atom. The first-order valence-electron chi connectivity index (χ1n) is 7.88. The molecule has 1 N–H and O–H groups in total. The molecule has 0 amide bonds. The largest absolute Gasteiger partial charge is 0.495 e. The maximum Gasteiger partial charge on any atom is 0.137 e. The average molecular weight is 378 g/mol. The van der Waals surface area contributed by atoms with Crippen LogP contribution in [0.2, 0.25) is 5.02 Å². The summed E-state index contributed by atoms with van der Waals surface area (Å²) >= 11 is 6.18. The molecule has 0 spiro atoms. The van der Waals surface area contributed by atoms with Gasteiger partial charge in [0.05, 0.1) is 18.7 Å². The molecule has 0 aliphatic carbocycles. The van der Waals surface area contributed by atoms with Crippen LogP contribution in [-0.2, 0) is 6.54 Å². The van der Waals surface area contributed by atoms with Gasteiger partial charge in [0.2, 0.25) is 0 Å². The van der Waals surface area contributed by atoms with Crippen LogP contribution >= 0.6 is 24.0 Å². The van der Waals surface area contributed by atoms with E-state index >= 15 is 0 Å². The molecule has 0 aliphatic heterocycles. The van der Waals surface area contributed by atoms with Crippen LogP contribution in [-0.4, -0.2) is 7.11 Å². The Morgan fingerprint density at radius 1 is 1.08 bits per heavy atom. The van der Waals surface area contributed by atoms with Crippen LogP contribution in [0.4, 0.5) is 0 Å². The zero-order valence-corrected chi connectivity index (χ0v) is 15.7. The monoisotopic (exact) mass is 377 g/mol. The predicted molar refractivity (Wildman–Crippen MR) is 105 cm³/mol. The molecule has 0 bridgehead atoms. The summed E-state index contributed by atoms with van der Waals surface area (Å²) in [6, 6.07) is 20.2. The van der Waals surface area contributed by atoms with Gasteiger partial charge in [0.25, 0.3) is 0 Å². The molecule has 1 unspecified atom stereocenters. The molecular formula is C20H21Cl2NO2. The first-order chi connectivity index (χ1) is 11.7. The van der Waals surface area contributed by atoms with E-state index < -0.39 is 0 Å². The summed E-state index contributed by atoms with van der Waals surface area (Å²) in [5.41, 5.74) is 2.19. The molecule has 5 heteroatoms. The van der Waals surface area contributed by atoms with E-state index in [0.29, 0.717) is 17.3 Å². The van der Waals surface area contributed by atoms with Crippen LogP contribution in [0, 0.1) is 0 Å². The predicted octanol–water partition coefficient (Wildman–Crippen LogP) is 5.88. The van der Waals surface area contributed by atoms with Gasteiger partial charge < -0.3 is 14.5 Å². The first kappa shape index (κ1) is 19.4. The third-order valence-corrected chi connectivity index (χ3v) is 4.28. The van der Waals surface area contributed by atoms with Gasteiger partial charge >= 0.3 is 0 Å². The second-order valence-electron chi connectivity index (χ2n) is 5.63. The highest BCUT2D eigenvalue weighted by Crippen LogP contribution is 2.31. The molecule has 0 radical (unpaired) electrons. The lowest BCUT2D eigenvalue weighted by molar-refractivity contribution is 0.415. The van der Waals surface area contributed by atoms with E-state index in [-0.39, 0.29) is 18.4 Å². The van der Waals surface area contributed by atoms with Gasteiger partial charge in [-0.25, -0.2) is 0 Å². The van der Waals surface area contributed by atoms with Crippen molar-refractivity contribution in [1.29, 1.82) is 0 Å². The fourth-order valence-corrected chi connectivity index (χ4v) is 2.82. The van der Waals surface area contributed by atoms with Gasteiger partial charge in [-0.15, -0.1) is 12.4 Å². The van der Waals surface area contributed by atoms with Crippen LogP contribution in [0.25, 0.3) is 11.3 Å². The summed E-state index contributed by atoms with van der Waals surface area (Å²) in [6.45, 7) is 2.81. The lowest BCUT2D eigenvalue weighted by Gasteiger charge is -2.13. The molecule has 25 heavy (non-hydrogen) atoms. The summed E-state index contributed by atoms with van der Waals surface area (Å²) in [6.07, 6.45) is 0. The first-order valence-corrected chi connectivity index (χ1v) is 8.26. The zero-order chi connectivity index (χ0) is 16.9. The van der Waals surface area contributed by atoms with Crippen molar-refractivity contribution >= 4 is 24.0 Å². The van der Waals surface area contributed by atoms with Crippen LogP contribution in [0.5, 0.6) is 5.75 Å². The SMILES string of the molecule is COc1ccc(-c2ccc(CNC(C)c3ccccc3)o2)cc1Cl.Cl. The Hall–Kier alpha value is -1.94. The standard InChI is InChI=1S/C20H20ClNO2.ClH/c1-14(15-6-4-3-5-7-15)22-13-17-9-11-19(24-17)16-8-10-20(23-2)18(21)12-16;/h3-12,14,22H,13H2,1-2H3;1H. The van der Waals surface area contributed by atoms with Gasteiger partial charge in [0.15, 0.2) is 0 Å². The van der Waals surface area contributed by atoms with Gasteiger partial charge in [-0.1, -0.05) is 41.9 Å². The Balaban J connectivity index is 0.00000225. The van der Waals surface area contributed by atoms with E-state index in [1.165, 1.54) is 5.56 Å². The molecule has 0 fully saturated rings. The van der Waals surface area contributed by atoms with E-state index in [1.807, 2.05) is 48.5 Å². The molecule has 0 saturated heterocycles. The van der Waals surface area contributed by atoms with E-state index in [2.05, 4.69) is 24.4 Å². The van der Waals surface area contributed by atoms with Crippen LogP contribution < -0.4 is 10.1 Å². The van der Waals surface area contributed by atoms with E-state index in [0.717, 1.165) is 17.1 Å². The topological polar surface area (TPSA) is 34.4 Å². The van der Waals surface area contributed by atoms with Crippen molar-refractivity contribution in [3.8, 4) is 17.1 Å². The molecule has 1 atom stereocenters. The van der Waals surface area contributed by atoms with Crippen molar-refractivity contribution in [3.05, 3.63) is 77.0 Å². The summed E-state index contributed by atoms with van der Waals surface area (Å²) in [7, 11) is 1.60. The minimum Gasteiger partial charge on any atom is -0.495 e. The fraction of sp³-hybridized carbons (Fsp3) is 0.200. The number of ether oxygens (including phenoxy) is 1. The minimum absolute atomic E-state index is 0. The quantitative estimate of drug-likeness (QED) is 0.582. The number of methoxy groups -OCH3 is 1. The van der Waals surface area contributed by atoms with E-state index in [4.69, 9.17) is 20.8 Å². The van der Waals surface area contributed by atoms with E-state index in [1.54, 1.807) is 7.11 Å². The second-order valence-corrected chi connectivity index (χ2v) is 6.04. The van der Waals surface area contributed by atoms with Gasteiger partial charge in [0.1, 0.15) is 17.3 Å². The Labute approximate surface area is 159 Å². The molecule has 132 valence electrons. The third kappa shape index (κ3) is 4.79. The molecule has 0 saturated carbocycles. The molecule has 3 rings (SSSR count). The number of hydrogen-bond acceptors (Lipinski definition) is 3. The molecule has 3 nitrogen and oxygen atoms in total. The summed E-state index contributed by atoms with van der Waals surface area (Å²) < 4.78 is 11.1. The summed E-state index contributed by atoms with van der Waals surface area (Å²) in [5.74, 6) is 2.34. The molecule has 1 heterocycles. The van der Waals surface area contributed by atoms with E-state index in [9.17, 15) is 0 Å². The molecular weight excluding hydrogens is 357 g/mol. The lowest BCUT2D eigenvalue weighted by Crippen LogP contribution is -2.17. The summed E-state index contributed by atoms with van der Waals surface area (Å²) in [4.78, 5) is 0. The Morgan fingerprint density at radius 2 is 1.84 bits per heavy atom. The molecule has 2 aromatic carbocycles. The maximum atomic E-state index is 6.18. The average Bonchev–Trinajstić information content (AvgIpc) is 3.09. The van der Waals surface area contributed by atoms with Crippen molar-refractivity contribution < 1.29 is 9.15 Å². The number of nitrogens with one attached hydrogen (secondary N) is 1. The fourth-order valence-electron chi connectivity index (χ4n) is 2.56. The number of benzene rings is 2. The highest BCUT2D eigenvalue weighted by Gasteiger charge is 2.09. The number of halogens is 2. The van der Waals surface area contributed by atoms with Crippen molar-refractivity contribution in [1.82, 2.24) is 5.32 Å². The minimum atomic E-state index is 0. The Bertz CT molecular complexity index is 802. The number of rotatable bonds is 6. The zero-order valence-electron chi connectivity index (χ0n) is 14.2. The molecule has 0 aliphatic rings. The maximum absolute atomic E-state index is 6.18. The van der Waals surface area contributed by atoms with Crippen LogP contribution in [0.3, 0.4) is 0 Å². The molecule has 1 aromatic heterocycles. The third-order valence-electron chi connectivity index (χ3n) is 3.98. The van der Waals surface area contributed by atoms with Crippen molar-refractivity contribution in [2.45, 2.75) is 19.5 Å². The van der Waals surface area contributed by atoms with Gasteiger partial charge in [0, 0.05) is 11.6 Å². The van der Waals surface area contributed by atoms with Gasteiger partial charge in [-0.05, 0) is 42.8 Å². The highest BCUT2D eigenvalue weighted by molar-refractivity contribution is 6.32. The highest BCUT2D eigenvalue weighted by atomic mass is 35.5. The normalized spacial score (nSPS) is 11.6.